The normalized spacial score (nSPS) is 11.1. The van der Waals surface area contributed by atoms with Crippen LogP contribution in [-0.2, 0) is 6.54 Å². The van der Waals surface area contributed by atoms with Crippen molar-refractivity contribution in [1.29, 1.82) is 0 Å². The molecule has 170 valence electrons. The van der Waals surface area contributed by atoms with E-state index >= 15 is 0 Å². The van der Waals surface area contributed by atoms with E-state index in [1.165, 1.54) is 18.3 Å². The van der Waals surface area contributed by atoms with Crippen molar-refractivity contribution >= 4 is 0 Å². The molecule has 34 heavy (non-hydrogen) atoms. The first-order valence-electron chi connectivity index (χ1n) is 10.3. The summed E-state index contributed by atoms with van der Waals surface area (Å²) in [6, 6.07) is 13.1. The van der Waals surface area contributed by atoms with Gasteiger partial charge in [0.2, 0.25) is 0 Å². The minimum Gasteiger partial charge on any atom is -0.493 e. The summed E-state index contributed by atoms with van der Waals surface area (Å²) in [5, 5.41) is 12.9. The molecule has 0 fully saturated rings. The third kappa shape index (κ3) is 3.90. The second-order valence-corrected chi connectivity index (χ2v) is 7.34. The molecule has 0 saturated carbocycles. The molecule has 1 aromatic heterocycles. The number of rotatable bonds is 6. The second-order valence-electron chi connectivity index (χ2n) is 7.34. The summed E-state index contributed by atoms with van der Waals surface area (Å²) in [6.45, 7) is 0.328. The Kier molecular flexibility index (Phi) is 5.54. The van der Waals surface area contributed by atoms with Crippen molar-refractivity contribution in [3.63, 3.8) is 0 Å². The third-order valence-electron chi connectivity index (χ3n) is 5.23. The molecule has 2 aliphatic rings. The molecule has 0 unspecified atom stereocenters. The molecule has 3 aromatic rings. The smallest absolute Gasteiger partial charge is 0.170 e. The van der Waals surface area contributed by atoms with Crippen molar-refractivity contribution in [2.75, 3.05) is 14.2 Å². The van der Waals surface area contributed by atoms with E-state index in [0.717, 1.165) is 11.6 Å². The molecule has 2 aromatic carbocycles. The van der Waals surface area contributed by atoms with Gasteiger partial charge in [0.1, 0.15) is 11.4 Å². The van der Waals surface area contributed by atoms with Gasteiger partial charge in [-0.25, -0.2) is 18.7 Å². The molecule has 0 spiro atoms. The number of nitrogens with zero attached hydrogens (tertiary/aromatic N) is 6. The number of methoxy groups -OCH3 is 2. The van der Waals surface area contributed by atoms with E-state index in [0.29, 0.717) is 40.8 Å². The van der Waals surface area contributed by atoms with Gasteiger partial charge in [0, 0.05) is 5.56 Å². The Labute approximate surface area is 193 Å². The Bertz CT molecular complexity index is 1440. The van der Waals surface area contributed by atoms with E-state index in [1.807, 2.05) is 30.3 Å². The summed E-state index contributed by atoms with van der Waals surface area (Å²) in [6.07, 6.45) is 3.19. The highest BCUT2D eigenvalue weighted by molar-refractivity contribution is 5.71. The van der Waals surface area contributed by atoms with Gasteiger partial charge in [-0.1, -0.05) is 12.1 Å². The van der Waals surface area contributed by atoms with Crippen LogP contribution in [0.25, 0.3) is 34.0 Å². The molecule has 0 aliphatic carbocycles. The minimum atomic E-state index is -0.985. The summed E-state index contributed by atoms with van der Waals surface area (Å²) in [4.78, 5) is 8.60. The molecular weight excluding hydrogens is 442 g/mol. The first-order chi connectivity index (χ1) is 16.6. The lowest BCUT2D eigenvalue weighted by molar-refractivity contribution is 0.356. The SMILES string of the molecule is COc1cccc(-c2ccc(Cn3cc4nc(-c5cccc(F)c5F)nc-4cn3)nn2)c1OC. The third-order valence-corrected chi connectivity index (χ3v) is 5.23. The van der Waals surface area contributed by atoms with Crippen LogP contribution in [0.1, 0.15) is 5.69 Å². The molecule has 0 radical (unpaired) electrons. The Balaban J connectivity index is 1.40. The number of halogens is 2. The van der Waals surface area contributed by atoms with Crippen LogP contribution in [0.5, 0.6) is 11.5 Å². The fourth-order valence-corrected chi connectivity index (χ4v) is 3.59. The van der Waals surface area contributed by atoms with E-state index in [4.69, 9.17) is 9.47 Å². The average Bonchev–Trinajstić information content (AvgIpc) is 3.28. The Hall–Kier alpha value is -4.47. The monoisotopic (exact) mass is 460 g/mol. The first kappa shape index (κ1) is 21.4. The van der Waals surface area contributed by atoms with Crippen LogP contribution in [0.2, 0.25) is 0 Å². The minimum absolute atomic E-state index is 0.00261. The second kappa shape index (κ2) is 8.81. The number of aromatic nitrogens is 6. The van der Waals surface area contributed by atoms with Gasteiger partial charge in [0.05, 0.1) is 50.1 Å². The van der Waals surface area contributed by atoms with Crippen LogP contribution in [0.15, 0.2) is 60.9 Å². The molecule has 5 rings (SSSR count). The lowest BCUT2D eigenvalue weighted by Gasteiger charge is -2.12. The Morgan fingerprint density at radius 1 is 0.824 bits per heavy atom. The van der Waals surface area contributed by atoms with E-state index in [1.54, 1.807) is 25.1 Å². The molecule has 0 saturated heterocycles. The molecule has 2 aliphatic heterocycles. The number of imidazole rings is 1. The van der Waals surface area contributed by atoms with E-state index in [9.17, 15) is 8.78 Å². The zero-order valence-corrected chi connectivity index (χ0v) is 18.2. The number of hydrogen-bond donors (Lipinski definition) is 0. The molecule has 3 heterocycles. The molecule has 0 N–H and O–H groups in total. The van der Waals surface area contributed by atoms with Crippen molar-refractivity contribution < 1.29 is 18.3 Å². The van der Waals surface area contributed by atoms with Gasteiger partial charge in [0.15, 0.2) is 29.0 Å². The molecule has 0 amide bonds. The fourth-order valence-electron chi connectivity index (χ4n) is 3.59. The molecule has 0 atom stereocenters. The molecular formula is C24H18F2N6O2. The van der Waals surface area contributed by atoms with Gasteiger partial charge < -0.3 is 9.47 Å². The van der Waals surface area contributed by atoms with Crippen molar-refractivity contribution in [3.05, 3.63) is 78.3 Å². The van der Waals surface area contributed by atoms with Gasteiger partial charge in [-0.3, -0.25) is 4.68 Å². The summed E-state index contributed by atoms with van der Waals surface area (Å²) in [5.41, 5.74) is 3.03. The van der Waals surface area contributed by atoms with Crippen LogP contribution in [0.3, 0.4) is 0 Å². The number of benzene rings is 2. The zero-order valence-electron chi connectivity index (χ0n) is 18.2. The van der Waals surface area contributed by atoms with Gasteiger partial charge in [-0.05, 0) is 36.4 Å². The summed E-state index contributed by atoms with van der Waals surface area (Å²) in [7, 11) is 3.15. The topological polar surface area (TPSA) is 87.8 Å². The summed E-state index contributed by atoms with van der Waals surface area (Å²) >= 11 is 0. The fraction of sp³-hybridized carbons (Fsp3) is 0.125. The van der Waals surface area contributed by atoms with Crippen LogP contribution in [0.4, 0.5) is 8.78 Å². The molecule has 0 bridgehead atoms. The van der Waals surface area contributed by atoms with E-state index < -0.39 is 11.6 Å². The maximum absolute atomic E-state index is 14.1. The maximum Gasteiger partial charge on any atom is 0.170 e. The van der Waals surface area contributed by atoms with Gasteiger partial charge in [-0.15, -0.1) is 0 Å². The highest BCUT2D eigenvalue weighted by Gasteiger charge is 2.18. The quantitative estimate of drug-likeness (QED) is 0.374. The van der Waals surface area contributed by atoms with Crippen LogP contribution >= 0.6 is 0 Å². The van der Waals surface area contributed by atoms with Gasteiger partial charge in [-0.2, -0.15) is 15.3 Å². The highest BCUT2D eigenvalue weighted by atomic mass is 19.2. The number of hydrogen-bond acceptors (Lipinski definition) is 7. The largest absolute Gasteiger partial charge is 0.493 e. The van der Waals surface area contributed by atoms with E-state index in [2.05, 4.69) is 25.3 Å². The predicted molar refractivity (Wildman–Crippen MR) is 119 cm³/mol. The highest BCUT2D eigenvalue weighted by Crippen LogP contribution is 2.36. The average molecular weight is 460 g/mol. The lowest BCUT2D eigenvalue weighted by atomic mass is 10.1. The lowest BCUT2D eigenvalue weighted by Crippen LogP contribution is -2.08. The number of para-hydroxylation sites is 1. The summed E-state index contributed by atoms with van der Waals surface area (Å²) in [5.74, 6) is -0.654. The zero-order chi connectivity index (χ0) is 23.7. The predicted octanol–water partition coefficient (Wildman–Crippen LogP) is 4.25. The number of ether oxygens (including phenoxy) is 2. The van der Waals surface area contributed by atoms with Crippen molar-refractivity contribution in [2.24, 2.45) is 0 Å². The Morgan fingerprint density at radius 2 is 1.62 bits per heavy atom. The van der Waals surface area contributed by atoms with Crippen molar-refractivity contribution in [3.8, 4) is 45.5 Å². The van der Waals surface area contributed by atoms with Gasteiger partial charge >= 0.3 is 0 Å². The number of fused-ring (bicyclic) bond motifs is 1. The first-order valence-corrected chi connectivity index (χ1v) is 10.3. The van der Waals surface area contributed by atoms with Crippen LogP contribution in [0, 0.1) is 11.6 Å². The molecule has 10 heteroatoms. The van der Waals surface area contributed by atoms with Crippen LogP contribution < -0.4 is 9.47 Å². The maximum atomic E-state index is 14.1. The summed E-state index contributed by atoms with van der Waals surface area (Å²) < 4.78 is 40.1. The van der Waals surface area contributed by atoms with Crippen molar-refractivity contribution in [1.82, 2.24) is 29.9 Å². The van der Waals surface area contributed by atoms with Gasteiger partial charge in [0.25, 0.3) is 0 Å². The standard InChI is InChI=1S/C24H18F2N6O2/c1-33-21-8-4-5-15(23(21)34-2)18-10-9-14(30-31-18)12-32-13-20-19(11-27-32)28-24(29-20)16-6-3-7-17(25)22(16)26/h3-11,13H,12H2,1-2H3. The molecule has 8 nitrogen and oxygen atoms in total. The van der Waals surface area contributed by atoms with E-state index in [-0.39, 0.29) is 11.4 Å². The van der Waals surface area contributed by atoms with Crippen molar-refractivity contribution in [2.45, 2.75) is 6.54 Å². The van der Waals surface area contributed by atoms with Crippen LogP contribution in [-0.4, -0.2) is 44.2 Å². The Morgan fingerprint density at radius 3 is 2.38 bits per heavy atom.